The summed E-state index contributed by atoms with van der Waals surface area (Å²) in [6.07, 6.45) is 12.8. The molecular weight excluding hydrogens is 304 g/mol. The minimum atomic E-state index is -0.314. The Balaban J connectivity index is 1.43. The largest absolute Gasteiger partial charge is 0.340 e. The van der Waals surface area contributed by atoms with Crippen molar-refractivity contribution in [1.29, 1.82) is 0 Å². The minimum absolute atomic E-state index is 0.0932. The molecule has 2 amide bonds. The van der Waals surface area contributed by atoms with Gasteiger partial charge in [0.15, 0.2) is 0 Å². The Bertz CT molecular complexity index is 609. The first kappa shape index (κ1) is 15.7. The third-order valence-corrected chi connectivity index (χ3v) is 6.12. The van der Waals surface area contributed by atoms with Gasteiger partial charge in [-0.3, -0.25) is 9.59 Å². The summed E-state index contributed by atoms with van der Waals surface area (Å²) in [5, 5.41) is 0. The Morgan fingerprint density at radius 3 is 2.79 bits per heavy atom. The number of amides is 2. The van der Waals surface area contributed by atoms with Crippen LogP contribution in [0.1, 0.15) is 44.9 Å². The molecule has 1 aromatic rings. The van der Waals surface area contributed by atoms with E-state index < -0.39 is 0 Å². The fourth-order valence-electron chi connectivity index (χ4n) is 4.77. The molecule has 0 aromatic carbocycles. The van der Waals surface area contributed by atoms with Crippen LogP contribution in [-0.2, 0) is 16.1 Å². The van der Waals surface area contributed by atoms with E-state index in [1.807, 2.05) is 4.90 Å². The first-order valence-electron chi connectivity index (χ1n) is 9.23. The first-order chi connectivity index (χ1) is 11.7. The topological polar surface area (TPSA) is 58.4 Å². The Morgan fingerprint density at radius 2 is 2.04 bits per heavy atom. The first-order valence-corrected chi connectivity index (χ1v) is 9.23. The summed E-state index contributed by atoms with van der Waals surface area (Å²) in [5.74, 6) is 0.411. The van der Waals surface area contributed by atoms with Crippen molar-refractivity contribution >= 4 is 11.8 Å². The van der Waals surface area contributed by atoms with E-state index in [0.29, 0.717) is 31.6 Å². The van der Waals surface area contributed by atoms with Gasteiger partial charge in [0, 0.05) is 38.1 Å². The Morgan fingerprint density at radius 1 is 1.21 bits per heavy atom. The highest BCUT2D eigenvalue weighted by molar-refractivity contribution is 5.86. The van der Waals surface area contributed by atoms with Crippen LogP contribution in [0.2, 0.25) is 0 Å². The molecule has 1 atom stereocenters. The molecular formula is C18H26N4O2. The van der Waals surface area contributed by atoms with Crippen LogP contribution in [0, 0.1) is 5.41 Å². The lowest BCUT2D eigenvalue weighted by atomic mass is 9.77. The van der Waals surface area contributed by atoms with E-state index in [1.165, 1.54) is 12.8 Å². The molecule has 3 fully saturated rings. The third-order valence-electron chi connectivity index (χ3n) is 6.12. The van der Waals surface area contributed by atoms with Crippen LogP contribution >= 0.6 is 0 Å². The number of likely N-dealkylation sites (tertiary alicyclic amines) is 2. The summed E-state index contributed by atoms with van der Waals surface area (Å²) in [6.45, 7) is 2.53. The molecule has 0 radical (unpaired) electrons. The molecule has 2 aliphatic heterocycles. The Labute approximate surface area is 142 Å². The molecule has 4 rings (SSSR count). The molecule has 3 aliphatic rings. The second kappa shape index (κ2) is 6.22. The van der Waals surface area contributed by atoms with Gasteiger partial charge in [-0.15, -0.1) is 0 Å². The van der Waals surface area contributed by atoms with E-state index in [0.717, 1.165) is 38.6 Å². The lowest BCUT2D eigenvalue weighted by Crippen LogP contribution is -2.53. The summed E-state index contributed by atoms with van der Waals surface area (Å²) in [5.41, 5.74) is -0.314. The number of carbonyl (C=O) groups is 2. The smallest absolute Gasteiger partial charge is 0.242 e. The lowest BCUT2D eigenvalue weighted by molar-refractivity contribution is -0.148. The zero-order valence-corrected chi connectivity index (χ0v) is 14.2. The molecule has 130 valence electrons. The van der Waals surface area contributed by atoms with E-state index in [9.17, 15) is 9.59 Å². The quantitative estimate of drug-likeness (QED) is 0.847. The molecule has 0 bridgehead atoms. The predicted octanol–water partition coefficient (Wildman–Crippen LogP) is 1.67. The van der Waals surface area contributed by atoms with Crippen LogP contribution in [0.4, 0.5) is 0 Å². The highest BCUT2D eigenvalue weighted by Gasteiger charge is 2.50. The highest BCUT2D eigenvalue weighted by atomic mass is 16.2. The molecule has 3 heterocycles. The summed E-state index contributed by atoms with van der Waals surface area (Å²) in [4.78, 5) is 33.8. The second-order valence-corrected chi connectivity index (χ2v) is 7.62. The molecule has 0 N–H and O–H groups in total. The molecule has 6 nitrogen and oxygen atoms in total. The number of nitrogens with zero attached hydrogens (tertiary/aromatic N) is 4. The van der Waals surface area contributed by atoms with Gasteiger partial charge >= 0.3 is 0 Å². The van der Waals surface area contributed by atoms with Crippen molar-refractivity contribution in [3.05, 3.63) is 18.7 Å². The van der Waals surface area contributed by atoms with E-state index in [2.05, 4.69) is 9.88 Å². The molecule has 0 unspecified atom stereocenters. The number of hydrogen-bond acceptors (Lipinski definition) is 3. The SMILES string of the molecule is O=C(Cn1ccnc1)N1CC[C@@]2(CCCN(C3CCCC3)C2=O)C1. The summed E-state index contributed by atoms with van der Waals surface area (Å²) in [6, 6.07) is 0.449. The summed E-state index contributed by atoms with van der Waals surface area (Å²) >= 11 is 0. The maximum absolute atomic E-state index is 13.2. The predicted molar refractivity (Wildman–Crippen MR) is 89.1 cm³/mol. The second-order valence-electron chi connectivity index (χ2n) is 7.62. The van der Waals surface area contributed by atoms with Crippen molar-refractivity contribution in [2.24, 2.45) is 5.41 Å². The molecule has 1 aromatic heterocycles. The zero-order valence-electron chi connectivity index (χ0n) is 14.2. The van der Waals surface area contributed by atoms with E-state index in [4.69, 9.17) is 0 Å². The van der Waals surface area contributed by atoms with Crippen LogP contribution < -0.4 is 0 Å². The average molecular weight is 330 g/mol. The van der Waals surface area contributed by atoms with Crippen molar-refractivity contribution in [1.82, 2.24) is 19.4 Å². The molecule has 2 saturated heterocycles. The van der Waals surface area contributed by atoms with Crippen LogP contribution in [0.3, 0.4) is 0 Å². The molecule has 1 spiro atoms. The fraction of sp³-hybridized carbons (Fsp3) is 0.722. The number of imidazole rings is 1. The van der Waals surface area contributed by atoms with Gasteiger partial charge in [0.1, 0.15) is 6.54 Å². The van der Waals surface area contributed by atoms with Crippen LogP contribution in [0.25, 0.3) is 0 Å². The average Bonchev–Trinajstić information content (AvgIpc) is 3.32. The monoisotopic (exact) mass is 330 g/mol. The van der Waals surface area contributed by atoms with Crippen LogP contribution in [0.5, 0.6) is 0 Å². The van der Waals surface area contributed by atoms with Crippen molar-refractivity contribution < 1.29 is 9.59 Å². The molecule has 6 heteroatoms. The van der Waals surface area contributed by atoms with Crippen molar-refractivity contribution in [3.8, 4) is 0 Å². The zero-order chi connectivity index (χ0) is 16.6. The molecule has 1 saturated carbocycles. The maximum atomic E-state index is 13.2. The van der Waals surface area contributed by atoms with Crippen LogP contribution in [0.15, 0.2) is 18.7 Å². The van der Waals surface area contributed by atoms with Gasteiger partial charge in [-0.2, -0.15) is 0 Å². The van der Waals surface area contributed by atoms with Crippen molar-refractivity contribution in [2.45, 2.75) is 57.5 Å². The van der Waals surface area contributed by atoms with E-state index >= 15 is 0 Å². The van der Waals surface area contributed by atoms with Gasteiger partial charge in [-0.05, 0) is 32.1 Å². The molecule has 24 heavy (non-hydrogen) atoms. The normalized spacial score (nSPS) is 28.2. The number of hydrogen-bond donors (Lipinski definition) is 0. The Kier molecular flexibility index (Phi) is 4.06. The number of piperidine rings is 1. The van der Waals surface area contributed by atoms with Crippen molar-refractivity contribution in [2.75, 3.05) is 19.6 Å². The van der Waals surface area contributed by atoms with Crippen molar-refractivity contribution in [3.63, 3.8) is 0 Å². The standard InChI is InChI=1S/C18H26N4O2/c23-16(12-20-11-8-19-14-20)21-10-7-18(13-21)6-3-9-22(17(18)24)15-4-1-2-5-15/h8,11,14-15H,1-7,9-10,12-13H2/t18-/m0/s1. The van der Waals surface area contributed by atoms with Crippen LogP contribution in [-0.4, -0.2) is 56.8 Å². The van der Waals surface area contributed by atoms with Gasteiger partial charge in [0.2, 0.25) is 11.8 Å². The summed E-state index contributed by atoms with van der Waals surface area (Å²) < 4.78 is 1.79. The fourth-order valence-corrected chi connectivity index (χ4v) is 4.77. The van der Waals surface area contributed by atoms with Gasteiger partial charge in [-0.25, -0.2) is 4.98 Å². The summed E-state index contributed by atoms with van der Waals surface area (Å²) in [7, 11) is 0. The lowest BCUT2D eigenvalue weighted by Gasteiger charge is -2.42. The highest BCUT2D eigenvalue weighted by Crippen LogP contribution is 2.42. The van der Waals surface area contributed by atoms with Gasteiger partial charge in [-0.1, -0.05) is 12.8 Å². The van der Waals surface area contributed by atoms with E-state index in [-0.39, 0.29) is 11.3 Å². The Hall–Kier alpha value is -1.85. The number of carbonyl (C=O) groups excluding carboxylic acids is 2. The minimum Gasteiger partial charge on any atom is -0.340 e. The third kappa shape index (κ3) is 2.72. The molecule has 1 aliphatic carbocycles. The van der Waals surface area contributed by atoms with Gasteiger partial charge in [0.25, 0.3) is 0 Å². The maximum Gasteiger partial charge on any atom is 0.242 e. The number of rotatable bonds is 3. The van der Waals surface area contributed by atoms with E-state index in [1.54, 1.807) is 23.3 Å². The van der Waals surface area contributed by atoms with Gasteiger partial charge in [0.05, 0.1) is 11.7 Å². The van der Waals surface area contributed by atoms with Gasteiger partial charge < -0.3 is 14.4 Å². The number of aromatic nitrogens is 2.